The van der Waals surface area contributed by atoms with Crippen molar-refractivity contribution in [2.24, 2.45) is 0 Å². The second-order valence-electron chi connectivity index (χ2n) is 9.61. The highest BCUT2D eigenvalue weighted by Gasteiger charge is 2.32. The third-order valence-corrected chi connectivity index (χ3v) is 6.69. The smallest absolute Gasteiger partial charge is 0.289 e. The van der Waals surface area contributed by atoms with Gasteiger partial charge in [0.1, 0.15) is 11.5 Å². The SMILES string of the molecule is CCN(CC)C1CCC(n2c(C(=O)NC(C)C)nnc2-c2cc(C(C)C)c(O)cc2O)CC1. The van der Waals surface area contributed by atoms with Gasteiger partial charge in [-0.25, -0.2) is 0 Å². The highest BCUT2D eigenvalue weighted by atomic mass is 16.3. The number of phenolic OH excluding ortho intramolecular Hbond substituents is 2. The van der Waals surface area contributed by atoms with Gasteiger partial charge in [-0.3, -0.25) is 9.36 Å². The average Bonchev–Trinajstić information content (AvgIpc) is 3.19. The van der Waals surface area contributed by atoms with E-state index < -0.39 is 0 Å². The van der Waals surface area contributed by atoms with Gasteiger partial charge in [0, 0.05) is 24.2 Å². The maximum atomic E-state index is 13.0. The summed E-state index contributed by atoms with van der Waals surface area (Å²) in [4.78, 5) is 15.5. The van der Waals surface area contributed by atoms with Crippen molar-refractivity contribution in [1.82, 2.24) is 25.0 Å². The summed E-state index contributed by atoms with van der Waals surface area (Å²) in [6.45, 7) is 14.2. The number of hydrogen-bond acceptors (Lipinski definition) is 6. The molecule has 1 fully saturated rings. The van der Waals surface area contributed by atoms with E-state index in [2.05, 4.69) is 34.3 Å². The molecule has 0 saturated heterocycles. The van der Waals surface area contributed by atoms with Crippen molar-refractivity contribution in [3.63, 3.8) is 0 Å². The quantitative estimate of drug-likeness (QED) is 0.541. The third-order valence-electron chi connectivity index (χ3n) is 6.69. The van der Waals surface area contributed by atoms with E-state index in [1.54, 1.807) is 6.07 Å². The van der Waals surface area contributed by atoms with Crippen LogP contribution in [0.3, 0.4) is 0 Å². The van der Waals surface area contributed by atoms with Crippen LogP contribution in [0, 0.1) is 0 Å². The molecule has 1 aromatic heterocycles. The van der Waals surface area contributed by atoms with Gasteiger partial charge < -0.3 is 20.4 Å². The molecule has 1 aliphatic rings. The first kappa shape index (κ1) is 25.0. The van der Waals surface area contributed by atoms with Gasteiger partial charge in [-0.2, -0.15) is 0 Å². The largest absolute Gasteiger partial charge is 0.508 e. The zero-order valence-electron chi connectivity index (χ0n) is 20.8. The first-order chi connectivity index (χ1) is 15.7. The highest BCUT2D eigenvalue weighted by Crippen LogP contribution is 2.40. The van der Waals surface area contributed by atoms with Crippen LogP contribution in [0.5, 0.6) is 11.5 Å². The van der Waals surface area contributed by atoms with Crippen molar-refractivity contribution < 1.29 is 15.0 Å². The molecule has 2 aromatic rings. The molecular formula is C25H39N5O3. The molecule has 8 nitrogen and oxygen atoms in total. The highest BCUT2D eigenvalue weighted by molar-refractivity contribution is 5.91. The number of nitrogens with one attached hydrogen (secondary N) is 1. The normalized spacial score (nSPS) is 18.9. The molecule has 0 bridgehead atoms. The maximum absolute atomic E-state index is 13.0. The molecule has 1 saturated carbocycles. The number of rotatable bonds is 8. The van der Waals surface area contributed by atoms with Crippen LogP contribution < -0.4 is 5.32 Å². The Hall–Kier alpha value is -2.61. The third kappa shape index (κ3) is 5.32. The number of benzene rings is 1. The Kier molecular flexibility index (Phi) is 8.00. The lowest BCUT2D eigenvalue weighted by Crippen LogP contribution is -2.39. The van der Waals surface area contributed by atoms with Gasteiger partial charge in [-0.1, -0.05) is 27.7 Å². The molecule has 0 aliphatic heterocycles. The fourth-order valence-electron chi connectivity index (χ4n) is 4.96. The molecule has 33 heavy (non-hydrogen) atoms. The van der Waals surface area contributed by atoms with E-state index in [9.17, 15) is 15.0 Å². The number of aromatic nitrogens is 3. The molecule has 0 unspecified atom stereocenters. The molecule has 0 atom stereocenters. The first-order valence-corrected chi connectivity index (χ1v) is 12.2. The summed E-state index contributed by atoms with van der Waals surface area (Å²) in [5.74, 6) is 0.511. The van der Waals surface area contributed by atoms with Crippen LogP contribution in [0.15, 0.2) is 12.1 Å². The molecule has 0 radical (unpaired) electrons. The van der Waals surface area contributed by atoms with E-state index in [-0.39, 0.29) is 41.2 Å². The first-order valence-electron chi connectivity index (χ1n) is 12.2. The number of carbonyl (C=O) groups excluding carboxylic acids is 1. The molecule has 3 rings (SSSR count). The molecule has 1 aliphatic carbocycles. The number of carbonyl (C=O) groups is 1. The Balaban J connectivity index is 2.04. The Morgan fingerprint density at radius 3 is 2.24 bits per heavy atom. The summed E-state index contributed by atoms with van der Waals surface area (Å²) in [6, 6.07) is 3.69. The molecule has 1 heterocycles. The van der Waals surface area contributed by atoms with Crippen molar-refractivity contribution in [3.8, 4) is 22.9 Å². The van der Waals surface area contributed by atoms with Crippen molar-refractivity contribution in [2.45, 2.75) is 91.3 Å². The summed E-state index contributed by atoms with van der Waals surface area (Å²) in [7, 11) is 0. The number of aromatic hydroxyl groups is 2. The van der Waals surface area contributed by atoms with Crippen LogP contribution >= 0.6 is 0 Å². The Morgan fingerprint density at radius 1 is 1.06 bits per heavy atom. The minimum absolute atomic E-state index is 0.0286. The number of nitrogens with zero attached hydrogens (tertiary/aromatic N) is 4. The summed E-state index contributed by atoms with van der Waals surface area (Å²) in [5.41, 5.74) is 1.20. The number of phenols is 2. The van der Waals surface area contributed by atoms with Gasteiger partial charge in [0.15, 0.2) is 5.82 Å². The van der Waals surface area contributed by atoms with E-state index in [0.29, 0.717) is 17.4 Å². The lowest BCUT2D eigenvalue weighted by molar-refractivity contribution is 0.0920. The summed E-state index contributed by atoms with van der Waals surface area (Å²) in [5, 5.41) is 32.6. The van der Waals surface area contributed by atoms with Gasteiger partial charge in [0.05, 0.1) is 5.56 Å². The van der Waals surface area contributed by atoms with Crippen LogP contribution in [-0.4, -0.2) is 61.0 Å². The molecule has 8 heteroatoms. The van der Waals surface area contributed by atoms with E-state index in [4.69, 9.17) is 0 Å². The zero-order chi connectivity index (χ0) is 24.3. The van der Waals surface area contributed by atoms with E-state index in [1.165, 1.54) is 6.07 Å². The minimum Gasteiger partial charge on any atom is -0.508 e. The monoisotopic (exact) mass is 457 g/mol. The maximum Gasteiger partial charge on any atom is 0.289 e. The van der Waals surface area contributed by atoms with Gasteiger partial charge in [0.2, 0.25) is 5.82 Å². The second-order valence-corrected chi connectivity index (χ2v) is 9.61. The number of amides is 1. The standard InChI is InChI=1S/C25H39N5O3/c1-7-29(8-2)17-9-11-18(12-10-17)30-23(27-28-24(30)25(33)26-16(5)6)20-13-19(15(3)4)21(31)14-22(20)32/h13-18,31-32H,7-12H2,1-6H3,(H,26,33). The lowest BCUT2D eigenvalue weighted by atomic mass is 9.89. The predicted octanol–water partition coefficient (Wildman–Crippen LogP) is 4.44. The van der Waals surface area contributed by atoms with Crippen LogP contribution in [0.2, 0.25) is 0 Å². The van der Waals surface area contributed by atoms with Crippen molar-refractivity contribution >= 4 is 5.91 Å². The zero-order valence-corrected chi connectivity index (χ0v) is 20.8. The Morgan fingerprint density at radius 2 is 1.70 bits per heavy atom. The minimum atomic E-state index is -0.267. The van der Waals surface area contributed by atoms with Crippen molar-refractivity contribution in [2.75, 3.05) is 13.1 Å². The summed E-state index contributed by atoms with van der Waals surface area (Å²) < 4.78 is 1.91. The summed E-state index contributed by atoms with van der Waals surface area (Å²) in [6.07, 6.45) is 3.89. The van der Waals surface area contributed by atoms with Gasteiger partial charge in [0.25, 0.3) is 5.91 Å². The van der Waals surface area contributed by atoms with E-state index in [0.717, 1.165) is 44.3 Å². The Labute approximate surface area is 197 Å². The van der Waals surface area contributed by atoms with Crippen LogP contribution in [-0.2, 0) is 0 Å². The van der Waals surface area contributed by atoms with Crippen LogP contribution in [0.1, 0.15) is 95.4 Å². The molecule has 182 valence electrons. The van der Waals surface area contributed by atoms with Gasteiger partial charge in [-0.05, 0) is 70.2 Å². The van der Waals surface area contributed by atoms with Gasteiger partial charge >= 0.3 is 0 Å². The lowest BCUT2D eigenvalue weighted by Gasteiger charge is -2.36. The molecule has 1 amide bonds. The number of hydrogen-bond donors (Lipinski definition) is 3. The molecule has 1 aromatic carbocycles. The van der Waals surface area contributed by atoms with Crippen LogP contribution in [0.4, 0.5) is 0 Å². The van der Waals surface area contributed by atoms with E-state index in [1.807, 2.05) is 32.3 Å². The fraction of sp³-hybridized carbons (Fsp3) is 0.640. The fourth-order valence-corrected chi connectivity index (χ4v) is 4.96. The second kappa shape index (κ2) is 10.5. The Bertz CT molecular complexity index is 957. The predicted molar refractivity (Wildman–Crippen MR) is 130 cm³/mol. The molecule has 0 spiro atoms. The van der Waals surface area contributed by atoms with Crippen LogP contribution in [0.25, 0.3) is 11.4 Å². The molecule has 3 N–H and O–H groups in total. The van der Waals surface area contributed by atoms with Gasteiger partial charge in [-0.15, -0.1) is 10.2 Å². The molecular weight excluding hydrogens is 418 g/mol. The topological polar surface area (TPSA) is 104 Å². The average molecular weight is 458 g/mol. The van der Waals surface area contributed by atoms with Crippen molar-refractivity contribution in [3.05, 3.63) is 23.5 Å². The van der Waals surface area contributed by atoms with E-state index >= 15 is 0 Å². The summed E-state index contributed by atoms with van der Waals surface area (Å²) >= 11 is 0. The van der Waals surface area contributed by atoms with Crippen molar-refractivity contribution in [1.29, 1.82) is 0 Å².